The number of aromatic nitrogens is 2. The van der Waals surface area contributed by atoms with Gasteiger partial charge < -0.3 is 9.47 Å². The van der Waals surface area contributed by atoms with Crippen molar-refractivity contribution in [2.45, 2.75) is 38.4 Å². The van der Waals surface area contributed by atoms with Crippen molar-refractivity contribution in [2.75, 3.05) is 5.32 Å². The van der Waals surface area contributed by atoms with Crippen LogP contribution < -0.4 is 14.8 Å². The van der Waals surface area contributed by atoms with E-state index in [0.717, 1.165) is 25.7 Å². The molecule has 0 radical (unpaired) electrons. The molecule has 0 bridgehead atoms. The van der Waals surface area contributed by atoms with Gasteiger partial charge in [0, 0.05) is 5.56 Å². The molecular formula is C17H16F2N4O2. The molecule has 2 aromatic rings. The van der Waals surface area contributed by atoms with Crippen LogP contribution in [-0.4, -0.2) is 22.9 Å². The lowest BCUT2D eigenvalue weighted by Crippen LogP contribution is -2.13. The summed E-state index contributed by atoms with van der Waals surface area (Å²) in [5.41, 5.74) is 1.19. The van der Waals surface area contributed by atoms with Crippen LogP contribution in [0.4, 0.5) is 14.6 Å². The van der Waals surface area contributed by atoms with Gasteiger partial charge in [-0.2, -0.15) is 14.0 Å². The Balaban J connectivity index is 1.87. The zero-order valence-electron chi connectivity index (χ0n) is 13.3. The van der Waals surface area contributed by atoms with Gasteiger partial charge in [-0.1, -0.05) is 0 Å². The second-order valence-electron chi connectivity index (χ2n) is 5.60. The molecule has 130 valence electrons. The van der Waals surface area contributed by atoms with Crippen LogP contribution in [0.1, 0.15) is 25.7 Å². The molecule has 6 nitrogen and oxygen atoms in total. The maximum absolute atomic E-state index is 12.6. The Kier molecular flexibility index (Phi) is 5.23. The summed E-state index contributed by atoms with van der Waals surface area (Å²) >= 11 is 0. The first-order valence-corrected chi connectivity index (χ1v) is 7.90. The number of halogens is 2. The van der Waals surface area contributed by atoms with E-state index in [9.17, 15) is 8.78 Å². The Morgan fingerprint density at radius 1 is 1.12 bits per heavy atom. The molecule has 0 spiro atoms. The zero-order valence-corrected chi connectivity index (χ0v) is 13.3. The second-order valence-corrected chi connectivity index (χ2v) is 5.60. The van der Waals surface area contributed by atoms with E-state index in [4.69, 9.17) is 10.00 Å². The summed E-state index contributed by atoms with van der Waals surface area (Å²) in [6, 6.07) is 7.95. The largest absolute Gasteiger partial charge is 0.487 e. The van der Waals surface area contributed by atoms with E-state index in [2.05, 4.69) is 20.3 Å². The number of nitrogens with zero attached hydrogens (tertiary/aromatic N) is 3. The van der Waals surface area contributed by atoms with E-state index >= 15 is 0 Å². The number of nitrogens with one attached hydrogen (secondary N) is 1. The number of benzene rings is 1. The van der Waals surface area contributed by atoms with Crippen molar-refractivity contribution in [3.05, 3.63) is 30.3 Å². The third-order valence-corrected chi connectivity index (χ3v) is 3.90. The van der Waals surface area contributed by atoms with Crippen LogP contribution in [0.2, 0.25) is 0 Å². The molecule has 0 atom stereocenters. The molecule has 1 fully saturated rings. The van der Waals surface area contributed by atoms with Crippen molar-refractivity contribution in [3.63, 3.8) is 0 Å². The minimum atomic E-state index is -2.92. The third kappa shape index (κ3) is 4.32. The highest BCUT2D eigenvalue weighted by Gasteiger charge is 2.20. The van der Waals surface area contributed by atoms with E-state index in [-0.39, 0.29) is 17.6 Å². The summed E-state index contributed by atoms with van der Waals surface area (Å²) < 4.78 is 35.7. The van der Waals surface area contributed by atoms with Crippen LogP contribution in [0.15, 0.2) is 30.3 Å². The fraction of sp³-hybridized carbons (Fsp3) is 0.353. The van der Waals surface area contributed by atoms with Crippen molar-refractivity contribution in [2.24, 2.45) is 0 Å². The van der Waals surface area contributed by atoms with Gasteiger partial charge in [0.15, 0.2) is 23.5 Å². The van der Waals surface area contributed by atoms with Crippen molar-refractivity contribution in [1.29, 1.82) is 5.26 Å². The molecule has 1 heterocycles. The Morgan fingerprint density at radius 3 is 2.56 bits per heavy atom. The van der Waals surface area contributed by atoms with Crippen LogP contribution >= 0.6 is 0 Å². The molecule has 0 amide bonds. The molecule has 3 rings (SSSR count). The molecule has 1 N–H and O–H groups in total. The highest BCUT2D eigenvalue weighted by Crippen LogP contribution is 2.36. The minimum absolute atomic E-state index is 0.00127. The SMILES string of the molecule is N#CNc1ccc(-c2ccc(OC(F)F)c(OC3CCCC3)c2)nn1. The Bertz CT molecular complexity index is 756. The summed E-state index contributed by atoms with van der Waals surface area (Å²) in [7, 11) is 0. The smallest absolute Gasteiger partial charge is 0.387 e. The van der Waals surface area contributed by atoms with Gasteiger partial charge in [0.2, 0.25) is 0 Å². The van der Waals surface area contributed by atoms with Crippen LogP contribution in [0.3, 0.4) is 0 Å². The van der Waals surface area contributed by atoms with Crippen molar-refractivity contribution < 1.29 is 18.3 Å². The fourth-order valence-electron chi connectivity index (χ4n) is 2.75. The number of anilines is 1. The quantitative estimate of drug-likeness (QED) is 0.630. The first-order valence-electron chi connectivity index (χ1n) is 7.90. The Hall–Kier alpha value is -2.95. The van der Waals surface area contributed by atoms with Crippen molar-refractivity contribution in [3.8, 4) is 28.9 Å². The number of hydrogen-bond acceptors (Lipinski definition) is 6. The van der Waals surface area contributed by atoms with Crippen LogP contribution in [0, 0.1) is 11.5 Å². The van der Waals surface area contributed by atoms with Gasteiger partial charge >= 0.3 is 6.61 Å². The number of rotatable bonds is 6. The summed E-state index contributed by atoms with van der Waals surface area (Å²) in [6.45, 7) is -2.92. The van der Waals surface area contributed by atoms with E-state index in [0.29, 0.717) is 17.1 Å². The number of hydrogen-bond donors (Lipinski definition) is 1. The predicted molar refractivity (Wildman–Crippen MR) is 86.2 cm³/mol. The van der Waals surface area contributed by atoms with Gasteiger partial charge in [0.25, 0.3) is 0 Å². The lowest BCUT2D eigenvalue weighted by atomic mass is 10.1. The topological polar surface area (TPSA) is 80.1 Å². The van der Waals surface area contributed by atoms with Gasteiger partial charge in [-0.15, -0.1) is 10.2 Å². The molecule has 0 unspecified atom stereocenters. The zero-order chi connectivity index (χ0) is 17.6. The van der Waals surface area contributed by atoms with Crippen molar-refractivity contribution >= 4 is 5.82 Å². The Labute approximate surface area is 143 Å². The Morgan fingerprint density at radius 2 is 1.92 bits per heavy atom. The van der Waals surface area contributed by atoms with E-state index in [1.54, 1.807) is 30.5 Å². The average molecular weight is 346 g/mol. The minimum Gasteiger partial charge on any atom is -0.487 e. The van der Waals surface area contributed by atoms with Crippen LogP contribution in [0.25, 0.3) is 11.3 Å². The first kappa shape index (κ1) is 16.9. The van der Waals surface area contributed by atoms with E-state index in [1.807, 2.05) is 0 Å². The summed E-state index contributed by atoms with van der Waals surface area (Å²) in [5.74, 6) is 0.596. The lowest BCUT2D eigenvalue weighted by molar-refractivity contribution is -0.0520. The second kappa shape index (κ2) is 7.75. The van der Waals surface area contributed by atoms with Gasteiger partial charge in [0.1, 0.15) is 0 Å². The third-order valence-electron chi connectivity index (χ3n) is 3.90. The maximum Gasteiger partial charge on any atom is 0.387 e. The van der Waals surface area contributed by atoms with Gasteiger partial charge in [-0.05, 0) is 56.0 Å². The number of alkyl halides is 2. The highest BCUT2D eigenvalue weighted by molar-refractivity contribution is 5.64. The molecule has 1 aromatic carbocycles. The molecule has 1 aliphatic rings. The molecule has 8 heteroatoms. The van der Waals surface area contributed by atoms with Gasteiger partial charge in [-0.3, -0.25) is 5.32 Å². The predicted octanol–water partition coefficient (Wildman–Crippen LogP) is 3.96. The number of nitriles is 1. The first-order chi connectivity index (χ1) is 12.2. The molecule has 1 saturated carbocycles. The molecule has 25 heavy (non-hydrogen) atoms. The molecule has 0 aliphatic heterocycles. The average Bonchev–Trinajstić information content (AvgIpc) is 3.10. The molecule has 0 saturated heterocycles. The van der Waals surface area contributed by atoms with Crippen LogP contribution in [0.5, 0.6) is 11.5 Å². The van der Waals surface area contributed by atoms with Gasteiger partial charge in [0.05, 0.1) is 11.8 Å². The van der Waals surface area contributed by atoms with Crippen LogP contribution in [-0.2, 0) is 0 Å². The van der Waals surface area contributed by atoms with E-state index in [1.165, 1.54) is 6.07 Å². The summed E-state index contributed by atoms with van der Waals surface area (Å²) in [6.07, 6.45) is 5.68. The monoisotopic (exact) mass is 346 g/mol. The van der Waals surface area contributed by atoms with Gasteiger partial charge in [-0.25, -0.2) is 0 Å². The molecular weight excluding hydrogens is 330 g/mol. The summed E-state index contributed by atoms with van der Waals surface area (Å²) in [5, 5.41) is 18.8. The maximum atomic E-state index is 12.6. The molecule has 1 aliphatic carbocycles. The summed E-state index contributed by atoms with van der Waals surface area (Å²) in [4.78, 5) is 0. The molecule has 1 aromatic heterocycles. The standard InChI is InChI=1S/C17H16F2N4O2/c18-17(19)25-14-7-5-11(9-15(14)24-12-3-1-2-4-12)13-6-8-16(21-10-20)23-22-13/h5-9,12,17H,1-4H2,(H,21,23). The van der Waals surface area contributed by atoms with E-state index < -0.39 is 6.61 Å². The lowest BCUT2D eigenvalue weighted by Gasteiger charge is -2.17. The normalized spacial score (nSPS) is 14.3. The highest BCUT2D eigenvalue weighted by atomic mass is 19.3. The fourth-order valence-corrected chi connectivity index (χ4v) is 2.75. The van der Waals surface area contributed by atoms with Crippen molar-refractivity contribution in [1.82, 2.24) is 10.2 Å². The number of ether oxygens (including phenoxy) is 2.